The zero-order valence-corrected chi connectivity index (χ0v) is 29.3. The number of fused-ring (bicyclic) bond motifs is 5. The van der Waals surface area contributed by atoms with Gasteiger partial charge in [0.2, 0.25) is 0 Å². The van der Waals surface area contributed by atoms with Gasteiger partial charge in [0.15, 0.2) is 0 Å². The molecule has 0 saturated heterocycles. The average Bonchev–Trinajstić information content (AvgIpc) is 3.58. The van der Waals surface area contributed by atoms with E-state index in [1.807, 2.05) is 23.1 Å². The van der Waals surface area contributed by atoms with Gasteiger partial charge in [0, 0.05) is 35.7 Å². The van der Waals surface area contributed by atoms with Gasteiger partial charge in [-0.15, -0.1) is 11.3 Å². The van der Waals surface area contributed by atoms with Crippen LogP contribution in [-0.4, -0.2) is 0 Å². The quantitative estimate of drug-likeness (QED) is 0.177. The minimum atomic E-state index is 1.15. The van der Waals surface area contributed by atoms with E-state index in [0.717, 1.165) is 5.69 Å². The van der Waals surface area contributed by atoms with Crippen LogP contribution in [0.2, 0.25) is 0 Å². The fourth-order valence-electron chi connectivity index (χ4n) is 7.26. The molecule has 0 bridgehead atoms. The van der Waals surface area contributed by atoms with Crippen LogP contribution in [0.25, 0.3) is 64.7 Å². The summed E-state index contributed by atoms with van der Waals surface area (Å²) in [6, 6.07) is 68.6. The maximum Gasteiger partial charge on any atom is 0.0602 e. The van der Waals surface area contributed by atoms with Crippen LogP contribution in [0.3, 0.4) is 0 Å². The topological polar surface area (TPSA) is 3.24 Å². The minimum absolute atomic E-state index is 1.15. The zero-order valence-electron chi connectivity index (χ0n) is 27.7. The van der Waals surface area contributed by atoms with E-state index in [1.54, 1.807) is 0 Å². The number of hydrogen-bond donors (Lipinski definition) is 0. The van der Waals surface area contributed by atoms with Crippen LogP contribution in [0.15, 0.2) is 198 Å². The molecule has 0 saturated carbocycles. The minimum Gasteiger partial charge on any atom is -0.308 e. The number of nitrogens with zero attached hydrogens (tertiary/aromatic N) is 1. The Labute approximate surface area is 306 Å². The fourth-order valence-corrected chi connectivity index (χ4v) is 9.45. The van der Waals surface area contributed by atoms with Gasteiger partial charge in [-0.05, 0) is 99.1 Å². The Bertz CT molecular complexity index is 2690. The molecule has 0 radical (unpaired) electrons. The van der Waals surface area contributed by atoms with Crippen molar-refractivity contribution in [3.8, 4) is 44.5 Å². The largest absolute Gasteiger partial charge is 0.308 e. The van der Waals surface area contributed by atoms with Gasteiger partial charge in [-0.25, -0.2) is 0 Å². The van der Waals surface area contributed by atoms with Gasteiger partial charge in [-0.2, -0.15) is 0 Å². The summed E-state index contributed by atoms with van der Waals surface area (Å²) in [5.74, 6) is 0. The molecule has 3 heteroatoms. The summed E-state index contributed by atoms with van der Waals surface area (Å²) in [4.78, 5) is 4.92. The highest BCUT2D eigenvalue weighted by Crippen LogP contribution is 2.52. The summed E-state index contributed by atoms with van der Waals surface area (Å²) in [6.07, 6.45) is 0. The Hall–Kier alpha value is -5.87. The first-order valence-electron chi connectivity index (χ1n) is 17.2. The van der Waals surface area contributed by atoms with Crippen molar-refractivity contribution in [1.82, 2.24) is 0 Å². The molecule has 0 aliphatic carbocycles. The van der Waals surface area contributed by atoms with Crippen LogP contribution in [-0.2, 0) is 0 Å². The molecule has 240 valence electrons. The van der Waals surface area contributed by atoms with E-state index in [0.29, 0.717) is 0 Å². The van der Waals surface area contributed by atoms with E-state index in [9.17, 15) is 0 Å². The molecule has 0 fully saturated rings. The van der Waals surface area contributed by atoms with Crippen molar-refractivity contribution in [3.63, 3.8) is 0 Å². The van der Waals surface area contributed by atoms with Gasteiger partial charge >= 0.3 is 0 Å². The number of thiophene rings is 1. The van der Waals surface area contributed by atoms with E-state index in [1.165, 1.54) is 85.8 Å². The van der Waals surface area contributed by atoms with Crippen molar-refractivity contribution < 1.29 is 0 Å². The Kier molecular flexibility index (Phi) is 7.34. The lowest BCUT2D eigenvalue weighted by molar-refractivity contribution is 1.17. The Morgan fingerprint density at radius 2 is 0.804 bits per heavy atom. The third kappa shape index (κ3) is 5.43. The highest BCUT2D eigenvalue weighted by atomic mass is 32.2. The van der Waals surface area contributed by atoms with Gasteiger partial charge in [-0.1, -0.05) is 145 Å². The second-order valence-corrected chi connectivity index (χ2v) is 15.1. The van der Waals surface area contributed by atoms with E-state index in [2.05, 4.69) is 193 Å². The molecule has 51 heavy (non-hydrogen) atoms. The molecular formula is C48H31NS2. The molecule has 0 amide bonds. The monoisotopic (exact) mass is 685 g/mol. The van der Waals surface area contributed by atoms with E-state index >= 15 is 0 Å². The number of benzene rings is 8. The van der Waals surface area contributed by atoms with Crippen LogP contribution in [0.5, 0.6) is 0 Å². The van der Waals surface area contributed by atoms with Crippen LogP contribution >= 0.6 is 23.1 Å². The van der Waals surface area contributed by atoms with E-state index in [-0.39, 0.29) is 0 Å². The standard InChI is InChI=1S/C48H31NS2/c1-2-8-32(9-3-1)33-14-20-37(21-15-33)39-24-28-44-48(31-39)51-47-13-7-5-11-43(47)49(44)40-26-22-35(23-27-40)34-16-18-36(19-17-34)38-25-29-46-42(30-38)41-10-4-6-12-45(41)50-46/h1-31H. The number of anilines is 3. The number of para-hydroxylation sites is 1. The predicted octanol–water partition coefficient (Wildman–Crippen LogP) is 14.7. The molecule has 8 aromatic carbocycles. The molecule has 1 aromatic heterocycles. The van der Waals surface area contributed by atoms with Gasteiger partial charge in [0.25, 0.3) is 0 Å². The maximum absolute atomic E-state index is 2.40. The molecule has 2 heterocycles. The van der Waals surface area contributed by atoms with Crippen molar-refractivity contribution in [3.05, 3.63) is 188 Å². The van der Waals surface area contributed by atoms with Gasteiger partial charge in [0.1, 0.15) is 0 Å². The summed E-state index contributed by atoms with van der Waals surface area (Å²) >= 11 is 3.71. The Morgan fingerprint density at radius 3 is 1.53 bits per heavy atom. The SMILES string of the molecule is c1ccc(-c2ccc(-c3ccc4c(c3)Sc3ccccc3N4c3ccc(-c4ccc(-c5ccc6sc7ccccc7c6c5)cc4)cc3)cc2)cc1. The highest BCUT2D eigenvalue weighted by Gasteiger charge is 2.25. The second-order valence-electron chi connectivity index (χ2n) is 13.0. The van der Waals surface area contributed by atoms with Crippen molar-refractivity contribution in [1.29, 1.82) is 0 Å². The first-order chi connectivity index (χ1) is 25.2. The lowest BCUT2D eigenvalue weighted by atomic mass is 9.98. The van der Waals surface area contributed by atoms with Gasteiger partial charge in [0.05, 0.1) is 11.4 Å². The lowest BCUT2D eigenvalue weighted by Crippen LogP contribution is -2.14. The molecule has 0 atom stereocenters. The molecule has 0 spiro atoms. The molecule has 1 aliphatic heterocycles. The third-order valence-electron chi connectivity index (χ3n) is 9.91. The smallest absolute Gasteiger partial charge is 0.0602 e. The number of hydrogen-bond acceptors (Lipinski definition) is 3. The average molecular weight is 686 g/mol. The molecular weight excluding hydrogens is 655 g/mol. The molecule has 1 nitrogen and oxygen atoms in total. The first-order valence-corrected chi connectivity index (χ1v) is 18.9. The molecule has 9 aromatic rings. The zero-order chi connectivity index (χ0) is 33.7. The normalized spacial score (nSPS) is 12.2. The molecule has 0 N–H and O–H groups in total. The van der Waals surface area contributed by atoms with E-state index < -0.39 is 0 Å². The summed E-state index contributed by atoms with van der Waals surface area (Å²) in [5.41, 5.74) is 13.4. The summed E-state index contributed by atoms with van der Waals surface area (Å²) in [7, 11) is 0. The van der Waals surface area contributed by atoms with Crippen LogP contribution in [0, 0.1) is 0 Å². The first kappa shape index (κ1) is 30.0. The second kappa shape index (κ2) is 12.5. The van der Waals surface area contributed by atoms with Crippen LogP contribution < -0.4 is 4.90 Å². The van der Waals surface area contributed by atoms with Gasteiger partial charge in [-0.3, -0.25) is 0 Å². The predicted molar refractivity (Wildman–Crippen MR) is 220 cm³/mol. The summed E-state index contributed by atoms with van der Waals surface area (Å²) < 4.78 is 2.68. The maximum atomic E-state index is 2.40. The van der Waals surface area contributed by atoms with Crippen molar-refractivity contribution >= 4 is 60.3 Å². The third-order valence-corrected chi connectivity index (χ3v) is 12.2. The Morgan fingerprint density at radius 1 is 0.314 bits per heavy atom. The summed E-state index contributed by atoms with van der Waals surface area (Å²) in [5, 5.41) is 2.67. The molecule has 1 aliphatic rings. The van der Waals surface area contributed by atoms with Crippen LogP contribution in [0.1, 0.15) is 0 Å². The molecule has 0 unspecified atom stereocenters. The van der Waals surface area contributed by atoms with Crippen molar-refractivity contribution in [2.45, 2.75) is 9.79 Å². The lowest BCUT2D eigenvalue weighted by Gasteiger charge is -2.33. The highest BCUT2D eigenvalue weighted by molar-refractivity contribution is 7.99. The Balaban J connectivity index is 0.941. The fraction of sp³-hybridized carbons (Fsp3) is 0. The molecule has 10 rings (SSSR count). The van der Waals surface area contributed by atoms with Crippen LogP contribution in [0.4, 0.5) is 17.1 Å². The van der Waals surface area contributed by atoms with E-state index in [4.69, 9.17) is 0 Å². The van der Waals surface area contributed by atoms with Crippen molar-refractivity contribution in [2.75, 3.05) is 4.90 Å². The number of rotatable bonds is 5. The summed E-state index contributed by atoms with van der Waals surface area (Å²) in [6.45, 7) is 0. The van der Waals surface area contributed by atoms with Crippen molar-refractivity contribution in [2.24, 2.45) is 0 Å². The van der Waals surface area contributed by atoms with Gasteiger partial charge < -0.3 is 4.90 Å².